The van der Waals surface area contributed by atoms with Crippen LogP contribution < -0.4 is 10.1 Å². The molecule has 5 nitrogen and oxygen atoms in total. The molecule has 1 amide bonds. The maximum absolute atomic E-state index is 12.1. The lowest BCUT2D eigenvalue weighted by molar-refractivity contribution is -0.159. The molecule has 1 N–H and O–H groups in total. The Balaban J connectivity index is 1.82. The molecular formula is C23H26ClNO4. The fraction of sp³-hybridized carbons (Fsp3) is 0.304. The molecule has 6 heteroatoms. The van der Waals surface area contributed by atoms with Crippen LogP contribution in [0.1, 0.15) is 36.2 Å². The average molecular weight is 416 g/mol. The molecule has 0 radical (unpaired) electrons. The van der Waals surface area contributed by atoms with Gasteiger partial charge in [-0.2, -0.15) is 0 Å². The molecule has 0 spiro atoms. The van der Waals surface area contributed by atoms with Gasteiger partial charge in [0.2, 0.25) is 0 Å². The van der Waals surface area contributed by atoms with Gasteiger partial charge in [-0.3, -0.25) is 4.79 Å². The molecule has 0 unspecified atom stereocenters. The van der Waals surface area contributed by atoms with Gasteiger partial charge >= 0.3 is 5.97 Å². The van der Waals surface area contributed by atoms with Crippen molar-refractivity contribution in [2.24, 2.45) is 0 Å². The quantitative estimate of drug-likeness (QED) is 0.350. The smallest absolute Gasteiger partial charge is 0.349 e. The van der Waals surface area contributed by atoms with Crippen molar-refractivity contribution in [3.8, 4) is 5.75 Å². The second-order valence-electron chi connectivity index (χ2n) is 6.98. The van der Waals surface area contributed by atoms with Crippen molar-refractivity contribution < 1.29 is 19.1 Å². The van der Waals surface area contributed by atoms with Crippen LogP contribution in [0.25, 0.3) is 0 Å². The number of amides is 1. The van der Waals surface area contributed by atoms with E-state index in [9.17, 15) is 9.59 Å². The van der Waals surface area contributed by atoms with Crippen LogP contribution in [-0.4, -0.2) is 30.6 Å². The van der Waals surface area contributed by atoms with Crippen LogP contribution in [-0.2, 0) is 16.0 Å². The number of ether oxygens (including phenoxy) is 2. The predicted molar refractivity (Wildman–Crippen MR) is 114 cm³/mol. The molecule has 154 valence electrons. The van der Waals surface area contributed by atoms with Crippen molar-refractivity contribution >= 4 is 23.5 Å². The number of benzene rings is 2. The molecule has 0 bridgehead atoms. The van der Waals surface area contributed by atoms with Crippen molar-refractivity contribution in [2.75, 3.05) is 13.2 Å². The molecule has 0 aliphatic heterocycles. The SMILES string of the molecule is C=CCCOC(=O)C(C)(C)Oc1ccc(CCNC(=O)c2ccc(Cl)cc2)cc1. The molecule has 29 heavy (non-hydrogen) atoms. The van der Waals surface area contributed by atoms with Gasteiger partial charge in [0.1, 0.15) is 5.75 Å². The summed E-state index contributed by atoms with van der Waals surface area (Å²) < 4.78 is 11.0. The van der Waals surface area contributed by atoms with Gasteiger partial charge in [0, 0.05) is 17.1 Å². The number of carbonyl (C=O) groups excluding carboxylic acids is 2. The van der Waals surface area contributed by atoms with Crippen LogP contribution >= 0.6 is 11.6 Å². The van der Waals surface area contributed by atoms with E-state index in [4.69, 9.17) is 21.1 Å². The van der Waals surface area contributed by atoms with E-state index in [-0.39, 0.29) is 12.5 Å². The Morgan fingerprint density at radius 2 is 1.76 bits per heavy atom. The highest BCUT2D eigenvalue weighted by molar-refractivity contribution is 6.30. The van der Waals surface area contributed by atoms with E-state index >= 15 is 0 Å². The third kappa shape index (κ3) is 7.27. The van der Waals surface area contributed by atoms with Crippen molar-refractivity contribution in [3.63, 3.8) is 0 Å². The fourth-order valence-electron chi connectivity index (χ4n) is 2.49. The minimum Gasteiger partial charge on any atom is -0.476 e. The molecule has 0 aliphatic rings. The Kier molecular flexibility index (Phi) is 8.28. The molecular weight excluding hydrogens is 390 g/mol. The Hall–Kier alpha value is -2.79. The van der Waals surface area contributed by atoms with Crippen molar-refractivity contribution in [3.05, 3.63) is 77.3 Å². The summed E-state index contributed by atoms with van der Waals surface area (Å²) in [6.45, 7) is 7.72. The van der Waals surface area contributed by atoms with Gasteiger partial charge in [0.25, 0.3) is 5.91 Å². The lowest BCUT2D eigenvalue weighted by atomic mass is 10.1. The first-order chi connectivity index (χ1) is 13.8. The molecule has 2 rings (SSSR count). The normalized spacial score (nSPS) is 10.9. The summed E-state index contributed by atoms with van der Waals surface area (Å²) >= 11 is 5.83. The van der Waals surface area contributed by atoms with E-state index < -0.39 is 11.6 Å². The van der Waals surface area contributed by atoms with E-state index in [0.717, 1.165) is 5.56 Å². The summed E-state index contributed by atoms with van der Waals surface area (Å²) in [6.07, 6.45) is 2.97. The van der Waals surface area contributed by atoms with Gasteiger partial charge in [-0.25, -0.2) is 4.79 Å². The zero-order valence-corrected chi connectivity index (χ0v) is 17.5. The van der Waals surface area contributed by atoms with Gasteiger partial charge in [-0.05, 0) is 68.7 Å². The standard InChI is InChI=1S/C23H26ClNO4/c1-4-5-16-28-22(27)23(2,3)29-20-12-6-17(7-13-20)14-15-25-21(26)18-8-10-19(24)11-9-18/h4,6-13H,1,5,14-16H2,2-3H3,(H,25,26). The summed E-state index contributed by atoms with van der Waals surface area (Å²) in [5.41, 5.74) is 0.523. The monoisotopic (exact) mass is 415 g/mol. The molecule has 0 heterocycles. The summed E-state index contributed by atoms with van der Waals surface area (Å²) in [6, 6.07) is 14.2. The van der Waals surface area contributed by atoms with E-state index in [1.165, 1.54) is 0 Å². The number of nitrogens with one attached hydrogen (secondary N) is 1. The first-order valence-electron chi connectivity index (χ1n) is 9.41. The lowest BCUT2D eigenvalue weighted by Crippen LogP contribution is -2.39. The van der Waals surface area contributed by atoms with Crippen LogP contribution in [0, 0.1) is 0 Å². The van der Waals surface area contributed by atoms with Crippen LogP contribution in [0.15, 0.2) is 61.2 Å². The number of rotatable bonds is 10. The maximum atomic E-state index is 12.1. The highest BCUT2D eigenvalue weighted by atomic mass is 35.5. The van der Waals surface area contributed by atoms with Gasteiger partial charge in [-0.15, -0.1) is 6.58 Å². The topological polar surface area (TPSA) is 64.6 Å². The van der Waals surface area contributed by atoms with Crippen molar-refractivity contribution in [2.45, 2.75) is 32.3 Å². The Labute approximate surface area is 176 Å². The molecule has 0 saturated heterocycles. The Bertz CT molecular complexity index is 829. The van der Waals surface area contributed by atoms with E-state index in [2.05, 4.69) is 11.9 Å². The zero-order chi connectivity index (χ0) is 21.3. The van der Waals surface area contributed by atoms with Gasteiger partial charge < -0.3 is 14.8 Å². The summed E-state index contributed by atoms with van der Waals surface area (Å²) in [5, 5.41) is 3.47. The van der Waals surface area contributed by atoms with E-state index in [0.29, 0.717) is 35.7 Å². The predicted octanol–water partition coefficient (Wildman–Crippen LogP) is 4.59. The van der Waals surface area contributed by atoms with Crippen molar-refractivity contribution in [1.29, 1.82) is 0 Å². The van der Waals surface area contributed by atoms with Crippen LogP contribution in [0.3, 0.4) is 0 Å². The fourth-order valence-corrected chi connectivity index (χ4v) is 2.62. The number of carbonyl (C=O) groups is 2. The van der Waals surface area contributed by atoms with Gasteiger partial charge in [0.15, 0.2) is 5.60 Å². The molecule has 2 aromatic rings. The first-order valence-corrected chi connectivity index (χ1v) is 9.79. The van der Waals surface area contributed by atoms with E-state index in [1.54, 1.807) is 56.3 Å². The maximum Gasteiger partial charge on any atom is 0.349 e. The largest absolute Gasteiger partial charge is 0.476 e. The molecule has 0 aliphatic carbocycles. The summed E-state index contributed by atoms with van der Waals surface area (Å²) in [4.78, 5) is 24.2. The Morgan fingerprint density at radius 1 is 1.10 bits per heavy atom. The third-order valence-corrected chi connectivity index (χ3v) is 4.40. The zero-order valence-electron chi connectivity index (χ0n) is 16.7. The number of esters is 1. The minimum atomic E-state index is -1.09. The van der Waals surface area contributed by atoms with E-state index in [1.807, 2.05) is 12.1 Å². The number of hydrogen-bond acceptors (Lipinski definition) is 4. The van der Waals surface area contributed by atoms with Crippen LogP contribution in [0.2, 0.25) is 5.02 Å². The number of hydrogen-bond donors (Lipinski definition) is 1. The number of halogens is 1. The van der Waals surface area contributed by atoms with Crippen LogP contribution in [0.5, 0.6) is 5.75 Å². The second-order valence-corrected chi connectivity index (χ2v) is 7.42. The molecule has 0 fully saturated rings. The second kappa shape index (κ2) is 10.7. The first kappa shape index (κ1) is 22.5. The highest BCUT2D eigenvalue weighted by Crippen LogP contribution is 2.20. The molecule has 2 aromatic carbocycles. The third-order valence-electron chi connectivity index (χ3n) is 4.15. The molecule has 0 atom stereocenters. The van der Waals surface area contributed by atoms with Gasteiger partial charge in [0.05, 0.1) is 6.61 Å². The highest BCUT2D eigenvalue weighted by Gasteiger charge is 2.31. The molecule has 0 aromatic heterocycles. The van der Waals surface area contributed by atoms with Crippen LogP contribution in [0.4, 0.5) is 0 Å². The van der Waals surface area contributed by atoms with Gasteiger partial charge in [-0.1, -0.05) is 29.8 Å². The lowest BCUT2D eigenvalue weighted by Gasteiger charge is -2.24. The minimum absolute atomic E-state index is 0.140. The summed E-state index contributed by atoms with van der Waals surface area (Å²) in [5.74, 6) is 0.0105. The summed E-state index contributed by atoms with van der Waals surface area (Å²) in [7, 11) is 0. The average Bonchev–Trinajstić information content (AvgIpc) is 2.69. The molecule has 0 saturated carbocycles. The Morgan fingerprint density at radius 3 is 2.38 bits per heavy atom. The van der Waals surface area contributed by atoms with Crippen molar-refractivity contribution in [1.82, 2.24) is 5.32 Å².